The molecule has 0 aliphatic heterocycles. The predicted octanol–water partition coefficient (Wildman–Crippen LogP) is 4.39. The number of aliphatic hydroxyl groups excluding tert-OH is 1. The molecule has 1 N–H and O–H groups in total. The van der Waals surface area contributed by atoms with Gasteiger partial charge in [0.2, 0.25) is 0 Å². The van der Waals surface area contributed by atoms with Gasteiger partial charge in [0.05, 0.1) is 16.0 Å². The van der Waals surface area contributed by atoms with Crippen LogP contribution in [0.15, 0.2) is 65.1 Å². The molecule has 1 aromatic carbocycles. The number of rotatable bonds is 8. The van der Waals surface area contributed by atoms with E-state index in [1.165, 1.54) is 0 Å². The molecule has 0 spiro atoms. The fourth-order valence-electron chi connectivity index (χ4n) is 2.24. The van der Waals surface area contributed by atoms with Gasteiger partial charge in [0.1, 0.15) is 0 Å². The maximum Gasteiger partial charge on any atom is 0.156 e. The molecule has 5 heteroatoms. The number of hydrogen-bond acceptors (Lipinski definition) is 3. The van der Waals surface area contributed by atoms with Crippen molar-refractivity contribution in [1.29, 1.82) is 0 Å². The second-order valence-corrected chi connectivity index (χ2v) is 5.80. The molecular formula is C19H26FeO3Si-. The number of aliphatic hydroxyl groups is 1. The van der Waals surface area contributed by atoms with Crippen LogP contribution in [-0.4, -0.2) is 35.9 Å². The molecular weight excluding hydrogens is 360 g/mol. The number of hydrogen-bond donors (Lipinski definition) is 1. The quantitative estimate of drug-likeness (QED) is 0.237. The van der Waals surface area contributed by atoms with Crippen LogP contribution in [0.3, 0.4) is 0 Å². The number of unbranched alkanes of at least 4 members (excludes halogenated alkanes) is 2. The number of ether oxygens (including phenoxy) is 2. The van der Waals surface area contributed by atoms with Gasteiger partial charge in [-0.3, -0.25) is 0 Å². The van der Waals surface area contributed by atoms with E-state index in [0.717, 1.165) is 36.5 Å². The topological polar surface area (TPSA) is 38.7 Å². The van der Waals surface area contributed by atoms with Crippen molar-refractivity contribution in [3.63, 3.8) is 0 Å². The third-order valence-electron chi connectivity index (χ3n) is 3.56. The van der Waals surface area contributed by atoms with Crippen LogP contribution >= 0.6 is 0 Å². The van der Waals surface area contributed by atoms with Crippen LogP contribution in [0, 0.1) is 0 Å². The van der Waals surface area contributed by atoms with E-state index < -0.39 is 0 Å². The molecule has 1 aliphatic rings. The molecule has 0 saturated heterocycles. The van der Waals surface area contributed by atoms with Crippen LogP contribution in [0.4, 0.5) is 0 Å². The second-order valence-electron chi connectivity index (χ2n) is 5.26. The van der Waals surface area contributed by atoms with E-state index in [1.807, 2.05) is 48.6 Å². The number of allylic oxidation sites excluding steroid dienone is 6. The zero-order valence-electron chi connectivity index (χ0n) is 14.3. The summed E-state index contributed by atoms with van der Waals surface area (Å²) < 4.78 is 10.2. The van der Waals surface area contributed by atoms with E-state index in [1.54, 1.807) is 14.2 Å². The summed E-state index contributed by atoms with van der Waals surface area (Å²) >= 11 is 0. The Morgan fingerprint density at radius 3 is 2.29 bits per heavy atom. The Labute approximate surface area is 159 Å². The van der Waals surface area contributed by atoms with Crippen molar-refractivity contribution in [2.75, 3.05) is 14.2 Å². The molecule has 1 aromatic rings. The molecule has 1 aliphatic carbocycles. The Hall–Kier alpha value is -0.974. The van der Waals surface area contributed by atoms with Gasteiger partial charge < -0.3 is 14.6 Å². The first-order chi connectivity index (χ1) is 11.2. The van der Waals surface area contributed by atoms with Crippen LogP contribution in [0.25, 0.3) is 0 Å². The van der Waals surface area contributed by atoms with Crippen molar-refractivity contribution in [3.05, 3.63) is 65.1 Å². The van der Waals surface area contributed by atoms with Crippen LogP contribution in [0.5, 0.6) is 0 Å². The van der Waals surface area contributed by atoms with E-state index in [-0.39, 0.29) is 23.4 Å². The Bertz CT molecular complexity index is 485. The van der Waals surface area contributed by atoms with Gasteiger partial charge in [0.25, 0.3) is 0 Å². The van der Waals surface area contributed by atoms with Gasteiger partial charge in [0.15, 0.2) is 6.29 Å². The Balaban J connectivity index is 0.000000751. The maximum atomic E-state index is 9.93. The minimum absolute atomic E-state index is 0. The van der Waals surface area contributed by atoms with Gasteiger partial charge in [-0.2, -0.15) is 18.2 Å². The minimum atomic E-state index is -0.105. The monoisotopic (exact) mass is 386 g/mol. The summed E-state index contributed by atoms with van der Waals surface area (Å²) in [5.41, 5.74) is 0.901. The Kier molecular flexibility index (Phi) is 13.8. The van der Waals surface area contributed by atoms with Crippen molar-refractivity contribution < 1.29 is 31.6 Å². The summed E-state index contributed by atoms with van der Waals surface area (Å²) in [5.74, 6) is 0.458. The maximum absolute atomic E-state index is 9.93. The SMILES string of the molecule is COC(CCCCC/C(O)=C1\C=CC=C1[Si])OC.[Fe].c1cc[cH-]c1. The fourth-order valence-corrected chi connectivity index (χ4v) is 2.56. The summed E-state index contributed by atoms with van der Waals surface area (Å²) in [6.45, 7) is 0. The fraction of sp³-hybridized carbons (Fsp3) is 0.421. The summed E-state index contributed by atoms with van der Waals surface area (Å²) in [7, 11) is 6.77. The van der Waals surface area contributed by atoms with Crippen molar-refractivity contribution in [1.82, 2.24) is 0 Å². The molecule has 133 valence electrons. The molecule has 3 radical (unpaired) electrons. The normalized spacial score (nSPS) is 14.8. The molecule has 2 rings (SSSR count). The van der Waals surface area contributed by atoms with E-state index in [2.05, 4.69) is 10.2 Å². The Morgan fingerprint density at radius 2 is 1.83 bits per heavy atom. The molecule has 3 nitrogen and oxygen atoms in total. The van der Waals surface area contributed by atoms with Crippen molar-refractivity contribution in [2.24, 2.45) is 0 Å². The van der Waals surface area contributed by atoms with Gasteiger partial charge in [-0.25, -0.2) is 12.1 Å². The largest absolute Gasteiger partial charge is 0.512 e. The summed E-state index contributed by atoms with van der Waals surface area (Å²) in [6.07, 6.45) is 10.4. The summed E-state index contributed by atoms with van der Waals surface area (Å²) in [5, 5.41) is 10.9. The van der Waals surface area contributed by atoms with Crippen LogP contribution in [0.2, 0.25) is 0 Å². The van der Waals surface area contributed by atoms with Gasteiger partial charge in [-0.15, -0.1) is 0 Å². The molecule has 0 aromatic heterocycles. The smallest absolute Gasteiger partial charge is 0.156 e. The molecule has 0 bridgehead atoms. The van der Waals surface area contributed by atoms with Gasteiger partial charge in [0, 0.05) is 43.3 Å². The summed E-state index contributed by atoms with van der Waals surface area (Å²) in [4.78, 5) is 0. The third kappa shape index (κ3) is 9.35. The second kappa shape index (κ2) is 14.4. The molecule has 0 heterocycles. The van der Waals surface area contributed by atoms with Crippen molar-refractivity contribution >= 4 is 10.2 Å². The Morgan fingerprint density at radius 1 is 1.17 bits per heavy atom. The minimum Gasteiger partial charge on any atom is -0.512 e. The average molecular weight is 386 g/mol. The van der Waals surface area contributed by atoms with Crippen molar-refractivity contribution in [3.8, 4) is 0 Å². The van der Waals surface area contributed by atoms with Gasteiger partial charge in [-0.05, 0) is 19.3 Å². The molecule has 24 heavy (non-hydrogen) atoms. The molecule has 0 atom stereocenters. The first-order valence-electron chi connectivity index (χ1n) is 7.93. The number of methoxy groups -OCH3 is 2. The van der Waals surface area contributed by atoms with Gasteiger partial charge >= 0.3 is 0 Å². The molecule has 0 saturated carbocycles. The first kappa shape index (κ1) is 23.0. The standard InChI is InChI=1S/C14H21O3Si.C5H5.Fe/c1-16-14(17-2)10-5-3-4-8-12(15)11-7-6-9-13(11)18;1-2-4-5-3-1;/h6-7,9,14-15H,3-5,8,10H2,1-2H3;1-5H;/q;-1;/b12-11-;;. The van der Waals surface area contributed by atoms with Crippen molar-refractivity contribution in [2.45, 2.75) is 38.4 Å². The predicted molar refractivity (Wildman–Crippen MR) is 95.6 cm³/mol. The molecule has 0 fully saturated rings. The van der Waals surface area contributed by atoms with Crippen LogP contribution in [-0.2, 0) is 26.5 Å². The zero-order valence-corrected chi connectivity index (χ0v) is 16.5. The molecule has 0 amide bonds. The van der Waals surface area contributed by atoms with E-state index in [4.69, 9.17) is 9.47 Å². The van der Waals surface area contributed by atoms with Gasteiger partial charge in [-0.1, -0.05) is 29.8 Å². The summed E-state index contributed by atoms with van der Waals surface area (Å²) in [6, 6.07) is 10.0. The zero-order chi connectivity index (χ0) is 16.9. The van der Waals surface area contributed by atoms with E-state index in [9.17, 15) is 5.11 Å². The van der Waals surface area contributed by atoms with Crippen LogP contribution in [0.1, 0.15) is 32.1 Å². The van der Waals surface area contributed by atoms with E-state index >= 15 is 0 Å². The molecule has 0 unspecified atom stereocenters. The average Bonchev–Trinajstić information content (AvgIpc) is 3.25. The van der Waals surface area contributed by atoms with Crippen LogP contribution < -0.4 is 0 Å². The first-order valence-corrected chi connectivity index (χ1v) is 8.43. The van der Waals surface area contributed by atoms with E-state index in [0.29, 0.717) is 12.2 Å². The third-order valence-corrected chi connectivity index (χ3v) is 4.00.